The van der Waals surface area contributed by atoms with Crippen LogP contribution in [-0.2, 0) is 10.8 Å². The molecule has 0 aliphatic heterocycles. The van der Waals surface area contributed by atoms with E-state index in [9.17, 15) is 0 Å². The first-order valence-corrected chi connectivity index (χ1v) is 19.2. The van der Waals surface area contributed by atoms with Crippen LogP contribution in [0.5, 0.6) is 0 Å². The molecule has 0 saturated heterocycles. The predicted octanol–water partition coefficient (Wildman–Crippen LogP) is 13.6. The maximum atomic E-state index is 2.49. The average Bonchev–Trinajstić information content (AvgIpc) is 3.80. The number of hydrogen-bond acceptors (Lipinski definition) is 0. The van der Waals surface area contributed by atoms with Crippen LogP contribution in [-0.4, -0.2) is 9.13 Å². The normalized spacial score (nSPS) is 17.2. The molecule has 2 nitrogen and oxygen atoms in total. The van der Waals surface area contributed by atoms with Crippen LogP contribution >= 0.6 is 0 Å². The molecule has 11 rings (SSSR count). The van der Waals surface area contributed by atoms with E-state index in [-0.39, 0.29) is 10.8 Å². The van der Waals surface area contributed by atoms with Gasteiger partial charge in [0, 0.05) is 43.7 Å². The van der Waals surface area contributed by atoms with E-state index in [0.717, 1.165) is 6.42 Å². The molecule has 54 heavy (non-hydrogen) atoms. The van der Waals surface area contributed by atoms with Crippen LogP contribution in [0.1, 0.15) is 43.9 Å². The van der Waals surface area contributed by atoms with E-state index < -0.39 is 0 Å². The van der Waals surface area contributed by atoms with Crippen molar-refractivity contribution < 1.29 is 0 Å². The molecule has 1 atom stereocenters. The van der Waals surface area contributed by atoms with Gasteiger partial charge in [-0.15, -0.1) is 0 Å². The standard InChI is InChI=1S/C52H40N2/c1-51(2)45-18-10-8-16-39(45)41-32-44-43-31-35(34-20-26-48-42(30-34)40-17-9-11-19-47(40)53(48)37-14-6-4-7-15-37)21-27-49(43)54(50(44)33-46(41)51)38-24-22-36(23-25-38)52(3)28-12-5-13-29-52/h4-28,30-33H,29H2,1-3H3. The van der Waals surface area contributed by atoms with Gasteiger partial charge in [-0.2, -0.15) is 0 Å². The van der Waals surface area contributed by atoms with E-state index in [1.165, 1.54) is 93.9 Å². The average molecular weight is 693 g/mol. The SMILES string of the molecule is CC1(c2ccc(-n3c4ccc(-c5ccc6c(c5)c5ccccc5n6-c5ccccc5)cc4c4cc5c(cc43)C(C)(C)c3ccccc3-5)cc2)C=CC=CC1. The molecule has 1 unspecified atom stereocenters. The van der Waals surface area contributed by atoms with Crippen LogP contribution in [0.25, 0.3) is 77.2 Å². The Kier molecular flexibility index (Phi) is 6.53. The lowest BCUT2D eigenvalue weighted by molar-refractivity contribution is 0.600. The first kappa shape index (κ1) is 31.2. The molecule has 0 spiro atoms. The van der Waals surface area contributed by atoms with Gasteiger partial charge in [-0.05, 0) is 112 Å². The molecule has 0 saturated carbocycles. The van der Waals surface area contributed by atoms with E-state index in [2.05, 4.69) is 206 Å². The Bertz CT molecular complexity index is 3040. The molecule has 2 aliphatic rings. The van der Waals surface area contributed by atoms with Crippen molar-refractivity contribution in [2.75, 3.05) is 0 Å². The molecule has 9 aromatic rings. The fourth-order valence-electron chi connectivity index (χ4n) is 9.61. The van der Waals surface area contributed by atoms with Crippen molar-refractivity contribution in [3.8, 4) is 33.6 Å². The van der Waals surface area contributed by atoms with Gasteiger partial charge in [0.1, 0.15) is 0 Å². The lowest BCUT2D eigenvalue weighted by atomic mass is 9.77. The van der Waals surface area contributed by atoms with Crippen LogP contribution in [0.15, 0.2) is 176 Å². The van der Waals surface area contributed by atoms with Gasteiger partial charge in [0.15, 0.2) is 0 Å². The molecule has 0 radical (unpaired) electrons. The molecule has 2 heteroatoms. The van der Waals surface area contributed by atoms with Crippen LogP contribution in [0.4, 0.5) is 0 Å². The number of nitrogens with zero attached hydrogens (tertiary/aromatic N) is 2. The van der Waals surface area contributed by atoms with Gasteiger partial charge in [-0.3, -0.25) is 0 Å². The minimum atomic E-state index is -0.0831. The molecule has 0 fully saturated rings. The molecule has 2 aromatic heterocycles. The highest BCUT2D eigenvalue weighted by Gasteiger charge is 2.36. The van der Waals surface area contributed by atoms with Crippen LogP contribution < -0.4 is 0 Å². The van der Waals surface area contributed by atoms with Crippen LogP contribution in [0.3, 0.4) is 0 Å². The Morgan fingerprint density at radius 3 is 1.80 bits per heavy atom. The Balaban J connectivity index is 1.13. The summed E-state index contributed by atoms with van der Waals surface area (Å²) in [6.45, 7) is 7.09. The third-order valence-corrected chi connectivity index (χ3v) is 12.5. The van der Waals surface area contributed by atoms with E-state index in [1.54, 1.807) is 0 Å². The summed E-state index contributed by atoms with van der Waals surface area (Å²) in [4.78, 5) is 0. The zero-order chi connectivity index (χ0) is 36.2. The number of hydrogen-bond donors (Lipinski definition) is 0. The van der Waals surface area contributed by atoms with Crippen molar-refractivity contribution in [1.29, 1.82) is 0 Å². The third kappa shape index (κ3) is 4.40. The Morgan fingerprint density at radius 1 is 0.444 bits per heavy atom. The van der Waals surface area contributed by atoms with Crippen molar-refractivity contribution in [2.24, 2.45) is 0 Å². The van der Waals surface area contributed by atoms with E-state index in [1.807, 2.05) is 0 Å². The molecule has 0 bridgehead atoms. The van der Waals surface area contributed by atoms with Crippen molar-refractivity contribution in [2.45, 2.75) is 38.0 Å². The zero-order valence-corrected chi connectivity index (χ0v) is 30.8. The Hall–Kier alpha value is -6.38. The van der Waals surface area contributed by atoms with E-state index >= 15 is 0 Å². The van der Waals surface area contributed by atoms with Crippen LogP contribution in [0.2, 0.25) is 0 Å². The molecule has 7 aromatic carbocycles. The largest absolute Gasteiger partial charge is 0.309 e. The van der Waals surface area contributed by atoms with Crippen LogP contribution in [0, 0.1) is 0 Å². The van der Waals surface area contributed by atoms with Crippen molar-refractivity contribution in [1.82, 2.24) is 9.13 Å². The molecular formula is C52H40N2. The number of rotatable bonds is 4. The second-order valence-electron chi connectivity index (χ2n) is 16.0. The number of aromatic nitrogens is 2. The summed E-state index contributed by atoms with van der Waals surface area (Å²) in [5.41, 5.74) is 16.5. The first-order valence-electron chi connectivity index (χ1n) is 19.2. The topological polar surface area (TPSA) is 9.86 Å². The molecule has 2 heterocycles. The molecular weight excluding hydrogens is 653 g/mol. The van der Waals surface area contributed by atoms with Gasteiger partial charge < -0.3 is 9.13 Å². The Labute approximate surface area is 315 Å². The zero-order valence-electron chi connectivity index (χ0n) is 30.8. The summed E-state index contributed by atoms with van der Waals surface area (Å²) in [7, 11) is 0. The smallest absolute Gasteiger partial charge is 0.0544 e. The second kappa shape index (κ2) is 11.3. The maximum Gasteiger partial charge on any atom is 0.0544 e. The highest BCUT2D eigenvalue weighted by atomic mass is 15.0. The third-order valence-electron chi connectivity index (χ3n) is 12.5. The quantitative estimate of drug-likeness (QED) is 0.174. The van der Waals surface area contributed by atoms with E-state index in [0.29, 0.717) is 0 Å². The summed E-state index contributed by atoms with van der Waals surface area (Å²) < 4.78 is 4.88. The minimum Gasteiger partial charge on any atom is -0.309 e. The Morgan fingerprint density at radius 2 is 1.06 bits per heavy atom. The fraction of sp³-hybridized carbons (Fsp3) is 0.115. The predicted molar refractivity (Wildman–Crippen MR) is 228 cm³/mol. The summed E-state index contributed by atoms with van der Waals surface area (Å²) in [6, 6.07) is 56.8. The first-order chi connectivity index (χ1) is 26.4. The summed E-state index contributed by atoms with van der Waals surface area (Å²) >= 11 is 0. The van der Waals surface area contributed by atoms with Crippen molar-refractivity contribution >= 4 is 43.6 Å². The molecule has 258 valence electrons. The summed E-state index contributed by atoms with van der Waals surface area (Å²) in [5.74, 6) is 0. The lowest BCUT2D eigenvalue weighted by Gasteiger charge is -2.27. The van der Waals surface area contributed by atoms with Gasteiger partial charge in [0.2, 0.25) is 0 Å². The number of benzene rings is 7. The number of fused-ring (bicyclic) bond motifs is 9. The fourth-order valence-corrected chi connectivity index (χ4v) is 9.61. The maximum absolute atomic E-state index is 2.49. The van der Waals surface area contributed by atoms with Crippen molar-refractivity contribution in [3.05, 3.63) is 193 Å². The minimum absolute atomic E-state index is 0.00807. The number of para-hydroxylation sites is 2. The monoisotopic (exact) mass is 692 g/mol. The summed E-state index contributed by atoms with van der Waals surface area (Å²) in [5, 5.41) is 5.10. The highest BCUT2D eigenvalue weighted by Crippen LogP contribution is 2.51. The second-order valence-corrected chi connectivity index (χ2v) is 16.0. The van der Waals surface area contributed by atoms with Gasteiger partial charge in [0.05, 0.1) is 22.1 Å². The molecule has 0 N–H and O–H groups in total. The van der Waals surface area contributed by atoms with E-state index in [4.69, 9.17) is 0 Å². The molecule has 2 aliphatic carbocycles. The highest BCUT2D eigenvalue weighted by molar-refractivity contribution is 6.14. The van der Waals surface area contributed by atoms with Gasteiger partial charge in [-0.1, -0.05) is 130 Å². The van der Waals surface area contributed by atoms with Gasteiger partial charge >= 0.3 is 0 Å². The molecule has 0 amide bonds. The summed E-state index contributed by atoms with van der Waals surface area (Å²) in [6.07, 6.45) is 9.96. The van der Waals surface area contributed by atoms with Gasteiger partial charge in [0.25, 0.3) is 0 Å². The van der Waals surface area contributed by atoms with Gasteiger partial charge in [-0.25, -0.2) is 0 Å². The lowest BCUT2D eigenvalue weighted by Crippen LogP contribution is -2.19. The van der Waals surface area contributed by atoms with Crippen molar-refractivity contribution in [3.63, 3.8) is 0 Å². The number of allylic oxidation sites excluding steroid dienone is 4.